The number of hydrogen-bond donors (Lipinski definition) is 1. The Bertz CT molecular complexity index is 1250. The van der Waals surface area contributed by atoms with Gasteiger partial charge in [-0.05, 0) is 56.2 Å². The highest BCUT2D eigenvalue weighted by molar-refractivity contribution is 6.00. The predicted molar refractivity (Wildman–Crippen MR) is 121 cm³/mol. The molecule has 12 heteroatoms. The van der Waals surface area contributed by atoms with Crippen LogP contribution < -0.4 is 15.0 Å². The van der Waals surface area contributed by atoms with Crippen molar-refractivity contribution in [3.63, 3.8) is 0 Å². The Morgan fingerprint density at radius 1 is 0.946 bits per heavy atom. The number of hydrogen-bond acceptors (Lipinski definition) is 5. The third kappa shape index (κ3) is 6.01. The summed E-state index contributed by atoms with van der Waals surface area (Å²) in [7, 11) is 0. The molecule has 37 heavy (non-hydrogen) atoms. The van der Waals surface area contributed by atoms with Crippen molar-refractivity contribution >= 4 is 11.6 Å². The van der Waals surface area contributed by atoms with Crippen LogP contribution in [0, 0.1) is 0 Å². The Morgan fingerprint density at radius 3 is 2.19 bits per heavy atom. The lowest BCUT2D eigenvalue weighted by Gasteiger charge is -2.28. The van der Waals surface area contributed by atoms with Gasteiger partial charge in [0.2, 0.25) is 5.91 Å². The molecule has 2 heterocycles. The Hall–Kier alpha value is -3.67. The molecule has 1 aliphatic rings. The number of aromatic nitrogens is 2. The highest BCUT2D eigenvalue weighted by Crippen LogP contribution is 2.39. The Morgan fingerprint density at radius 2 is 1.59 bits per heavy atom. The third-order valence-corrected chi connectivity index (χ3v) is 5.88. The number of benzene rings is 2. The van der Waals surface area contributed by atoms with Crippen LogP contribution in [0.3, 0.4) is 0 Å². The summed E-state index contributed by atoms with van der Waals surface area (Å²) in [5.74, 6) is -0.978. The SMILES string of the molecule is CC(C)(N[C@@H]1C[C@H](c2ccccc2)N(c2ccc(OC(F)(F)F)cc2)C1=O)c1nccc(C(F)(F)F)n1. The van der Waals surface area contributed by atoms with E-state index in [1.807, 2.05) is 12.1 Å². The molecule has 1 fully saturated rings. The van der Waals surface area contributed by atoms with Gasteiger partial charge in [0, 0.05) is 11.9 Å². The van der Waals surface area contributed by atoms with E-state index >= 15 is 0 Å². The number of carbonyl (C=O) groups is 1. The van der Waals surface area contributed by atoms with Gasteiger partial charge in [0.05, 0.1) is 17.6 Å². The van der Waals surface area contributed by atoms with Crippen molar-refractivity contribution in [3.8, 4) is 5.75 Å². The zero-order valence-corrected chi connectivity index (χ0v) is 19.6. The molecule has 0 aliphatic carbocycles. The molecule has 1 saturated heterocycles. The minimum absolute atomic E-state index is 0.140. The minimum atomic E-state index is -4.86. The molecule has 0 radical (unpaired) electrons. The van der Waals surface area contributed by atoms with Gasteiger partial charge in [-0.2, -0.15) is 13.2 Å². The molecule has 2 aromatic carbocycles. The van der Waals surface area contributed by atoms with E-state index in [1.54, 1.807) is 32.0 Å². The van der Waals surface area contributed by atoms with Crippen molar-refractivity contribution in [1.82, 2.24) is 15.3 Å². The lowest BCUT2D eigenvalue weighted by atomic mass is 9.99. The second kappa shape index (κ2) is 9.66. The molecular weight excluding hydrogens is 502 g/mol. The quantitative estimate of drug-likeness (QED) is 0.415. The molecule has 0 bridgehead atoms. The van der Waals surface area contributed by atoms with Crippen LogP contribution in [-0.2, 0) is 16.5 Å². The first-order valence-corrected chi connectivity index (χ1v) is 11.2. The summed E-state index contributed by atoms with van der Waals surface area (Å²) in [6.45, 7) is 3.14. The molecule has 1 amide bonds. The van der Waals surface area contributed by atoms with Crippen molar-refractivity contribution in [2.24, 2.45) is 0 Å². The largest absolute Gasteiger partial charge is 0.573 e. The number of anilines is 1. The molecule has 4 rings (SSSR count). The maximum Gasteiger partial charge on any atom is 0.573 e. The number of alkyl halides is 6. The Kier molecular flexibility index (Phi) is 6.89. The normalized spacial score (nSPS) is 18.8. The van der Waals surface area contributed by atoms with E-state index in [0.29, 0.717) is 5.69 Å². The van der Waals surface area contributed by atoms with E-state index in [-0.39, 0.29) is 12.2 Å². The number of amides is 1. The molecule has 0 spiro atoms. The molecule has 1 aliphatic heterocycles. The Labute approximate surface area is 208 Å². The second-order valence-corrected chi connectivity index (χ2v) is 9.00. The topological polar surface area (TPSA) is 67.3 Å². The van der Waals surface area contributed by atoms with Crippen LogP contribution >= 0.6 is 0 Å². The van der Waals surface area contributed by atoms with Crippen LogP contribution in [0.1, 0.15) is 43.4 Å². The summed E-state index contributed by atoms with van der Waals surface area (Å²) in [6, 6.07) is 13.4. The van der Waals surface area contributed by atoms with Crippen molar-refractivity contribution < 1.29 is 35.9 Å². The standard InChI is InChI=1S/C25H22F6N4O2/c1-23(2,22-32-13-12-20(33-22)24(26,27)28)34-18-14-19(15-6-4-3-5-7-15)35(21(18)36)16-8-10-17(11-9-16)37-25(29,30)31/h3-13,18-19,34H,14H2,1-2H3/t18-,19-/m1/s1. The van der Waals surface area contributed by atoms with Crippen molar-refractivity contribution in [2.75, 3.05) is 4.90 Å². The molecule has 0 saturated carbocycles. The maximum atomic E-state index is 13.6. The van der Waals surface area contributed by atoms with Crippen LogP contribution in [0.25, 0.3) is 0 Å². The van der Waals surface area contributed by atoms with Gasteiger partial charge in [0.15, 0.2) is 0 Å². The molecule has 1 N–H and O–H groups in total. The van der Waals surface area contributed by atoms with Crippen molar-refractivity contribution in [1.29, 1.82) is 0 Å². The fourth-order valence-corrected chi connectivity index (χ4v) is 4.27. The van der Waals surface area contributed by atoms with Gasteiger partial charge in [-0.25, -0.2) is 9.97 Å². The number of nitrogens with one attached hydrogen (secondary N) is 1. The van der Waals surface area contributed by atoms with E-state index in [2.05, 4.69) is 20.0 Å². The van der Waals surface area contributed by atoms with Gasteiger partial charge < -0.3 is 9.64 Å². The van der Waals surface area contributed by atoms with E-state index in [9.17, 15) is 31.1 Å². The fourth-order valence-electron chi connectivity index (χ4n) is 4.27. The zero-order valence-electron chi connectivity index (χ0n) is 19.6. The van der Waals surface area contributed by atoms with Gasteiger partial charge >= 0.3 is 12.5 Å². The summed E-state index contributed by atoms with van der Waals surface area (Å²) in [5, 5.41) is 3.08. The van der Waals surface area contributed by atoms with Gasteiger partial charge in [0.25, 0.3) is 0 Å². The molecule has 196 valence electrons. The number of ether oxygens (including phenoxy) is 1. The predicted octanol–water partition coefficient (Wildman–Crippen LogP) is 5.77. The molecule has 1 aromatic heterocycles. The maximum absolute atomic E-state index is 13.6. The van der Waals surface area contributed by atoms with E-state index in [0.717, 1.165) is 30.0 Å². The summed E-state index contributed by atoms with van der Waals surface area (Å²) < 4.78 is 81.1. The minimum Gasteiger partial charge on any atom is -0.406 e. The average molecular weight is 524 g/mol. The average Bonchev–Trinajstić information content (AvgIpc) is 3.14. The highest BCUT2D eigenvalue weighted by Gasteiger charge is 2.44. The number of nitrogens with zero attached hydrogens (tertiary/aromatic N) is 3. The van der Waals surface area contributed by atoms with E-state index in [1.165, 1.54) is 17.0 Å². The first-order chi connectivity index (χ1) is 17.2. The number of carbonyl (C=O) groups excluding carboxylic acids is 1. The molecule has 6 nitrogen and oxygen atoms in total. The monoisotopic (exact) mass is 524 g/mol. The summed E-state index contributed by atoms with van der Waals surface area (Å²) >= 11 is 0. The van der Waals surface area contributed by atoms with Crippen molar-refractivity contribution in [2.45, 2.75) is 50.4 Å². The number of halogens is 6. The second-order valence-electron chi connectivity index (χ2n) is 9.00. The lowest BCUT2D eigenvalue weighted by Crippen LogP contribution is -2.48. The highest BCUT2D eigenvalue weighted by atomic mass is 19.4. The molecular formula is C25H22F6N4O2. The summed E-state index contributed by atoms with van der Waals surface area (Å²) in [5.41, 5.74) is -1.20. The third-order valence-electron chi connectivity index (χ3n) is 5.88. The molecule has 0 unspecified atom stereocenters. The van der Waals surface area contributed by atoms with Crippen LogP contribution in [0.5, 0.6) is 5.75 Å². The van der Waals surface area contributed by atoms with Crippen LogP contribution in [-0.4, -0.2) is 28.3 Å². The van der Waals surface area contributed by atoms with Crippen LogP contribution in [0.4, 0.5) is 32.0 Å². The van der Waals surface area contributed by atoms with Gasteiger partial charge in [-0.3, -0.25) is 10.1 Å². The number of rotatable bonds is 6. The van der Waals surface area contributed by atoms with Crippen LogP contribution in [0.2, 0.25) is 0 Å². The molecule has 3 aromatic rings. The van der Waals surface area contributed by atoms with E-state index < -0.39 is 47.5 Å². The first kappa shape index (κ1) is 26.4. The van der Waals surface area contributed by atoms with E-state index in [4.69, 9.17) is 0 Å². The fraction of sp³-hybridized carbons (Fsp3) is 0.320. The summed E-state index contributed by atoms with van der Waals surface area (Å²) in [4.78, 5) is 22.6. The zero-order chi connectivity index (χ0) is 27.0. The van der Waals surface area contributed by atoms with Crippen molar-refractivity contribution in [3.05, 3.63) is 83.9 Å². The Balaban J connectivity index is 1.64. The van der Waals surface area contributed by atoms with Crippen LogP contribution in [0.15, 0.2) is 66.9 Å². The van der Waals surface area contributed by atoms with Gasteiger partial charge in [0.1, 0.15) is 17.3 Å². The molecule has 2 atom stereocenters. The van der Waals surface area contributed by atoms with Gasteiger partial charge in [-0.1, -0.05) is 30.3 Å². The smallest absolute Gasteiger partial charge is 0.406 e. The van der Waals surface area contributed by atoms with Gasteiger partial charge in [-0.15, -0.1) is 13.2 Å². The summed E-state index contributed by atoms with van der Waals surface area (Å²) in [6.07, 6.45) is -8.27. The first-order valence-electron chi connectivity index (χ1n) is 11.2. The lowest BCUT2D eigenvalue weighted by molar-refractivity contribution is -0.274.